The van der Waals surface area contributed by atoms with E-state index in [4.69, 9.17) is 9.73 Å². The van der Waals surface area contributed by atoms with Crippen molar-refractivity contribution in [3.8, 4) is 5.75 Å². The van der Waals surface area contributed by atoms with Gasteiger partial charge in [0.25, 0.3) is 0 Å². The van der Waals surface area contributed by atoms with Crippen LogP contribution in [0.15, 0.2) is 29.3 Å². The maximum atomic E-state index is 12.4. The first-order valence-corrected chi connectivity index (χ1v) is 11.2. The first kappa shape index (κ1) is 21.5. The second-order valence-corrected chi connectivity index (χ2v) is 8.32. The second-order valence-electron chi connectivity index (χ2n) is 8.32. The molecule has 0 spiro atoms. The van der Waals surface area contributed by atoms with E-state index in [0.29, 0.717) is 25.4 Å². The smallest absolute Gasteiger partial charge is 0.224 e. The number of hydrogen-bond acceptors (Lipinski definition) is 3. The molecule has 160 valence electrons. The predicted molar refractivity (Wildman–Crippen MR) is 117 cm³/mol. The summed E-state index contributed by atoms with van der Waals surface area (Å²) in [7, 11) is 0. The number of guanidine groups is 1. The van der Waals surface area contributed by atoms with Crippen LogP contribution in [0.3, 0.4) is 0 Å². The molecule has 1 heterocycles. The van der Waals surface area contributed by atoms with Gasteiger partial charge in [-0.1, -0.05) is 25.1 Å². The highest BCUT2D eigenvalue weighted by atomic mass is 16.5. The summed E-state index contributed by atoms with van der Waals surface area (Å²) in [5.74, 6) is 3.24. The maximum Gasteiger partial charge on any atom is 0.224 e. The molecule has 1 saturated heterocycles. The lowest BCUT2D eigenvalue weighted by atomic mass is 10.00. The molecule has 29 heavy (non-hydrogen) atoms. The Morgan fingerprint density at radius 1 is 1.24 bits per heavy atom. The Morgan fingerprint density at radius 3 is 2.83 bits per heavy atom. The number of amides is 1. The minimum Gasteiger partial charge on any atom is -0.493 e. The Bertz CT molecular complexity index is 687. The molecule has 1 aliphatic carbocycles. The quantitative estimate of drug-likeness (QED) is 0.494. The summed E-state index contributed by atoms with van der Waals surface area (Å²) in [4.78, 5) is 19.2. The highest BCUT2D eigenvalue weighted by Crippen LogP contribution is 2.30. The fourth-order valence-corrected chi connectivity index (χ4v) is 3.64. The van der Waals surface area contributed by atoms with Crippen molar-refractivity contribution in [2.45, 2.75) is 52.5 Å². The van der Waals surface area contributed by atoms with E-state index in [-0.39, 0.29) is 5.91 Å². The van der Waals surface area contributed by atoms with Crippen molar-refractivity contribution in [1.29, 1.82) is 0 Å². The molecule has 1 unspecified atom stereocenters. The summed E-state index contributed by atoms with van der Waals surface area (Å²) < 4.78 is 5.98. The molecule has 3 rings (SSSR count). The van der Waals surface area contributed by atoms with Crippen LogP contribution in [0.25, 0.3) is 0 Å². The number of rotatable bonds is 9. The molecule has 0 aromatic heterocycles. The number of likely N-dealkylation sites (tertiary alicyclic amines) is 1. The normalized spacial score (nSPS) is 19.7. The van der Waals surface area contributed by atoms with E-state index < -0.39 is 0 Å². The van der Waals surface area contributed by atoms with Crippen molar-refractivity contribution < 1.29 is 9.53 Å². The maximum absolute atomic E-state index is 12.4. The Morgan fingerprint density at radius 2 is 2.07 bits per heavy atom. The molecule has 2 fully saturated rings. The predicted octanol–water partition coefficient (Wildman–Crippen LogP) is 3.18. The minimum absolute atomic E-state index is 0.235. The summed E-state index contributed by atoms with van der Waals surface area (Å²) in [6.07, 6.45) is 5.41. The molecule has 0 bridgehead atoms. The first-order valence-electron chi connectivity index (χ1n) is 11.2. The van der Waals surface area contributed by atoms with Crippen molar-refractivity contribution in [2.75, 3.05) is 32.8 Å². The molecule has 2 N–H and O–H groups in total. The molecule has 1 amide bonds. The molecule has 1 atom stereocenters. The fourth-order valence-electron chi connectivity index (χ4n) is 3.64. The topological polar surface area (TPSA) is 66.0 Å². The largest absolute Gasteiger partial charge is 0.493 e. The van der Waals surface area contributed by atoms with E-state index >= 15 is 0 Å². The molecule has 6 nitrogen and oxygen atoms in total. The van der Waals surface area contributed by atoms with E-state index in [1.54, 1.807) is 0 Å². The van der Waals surface area contributed by atoms with Gasteiger partial charge in [0.2, 0.25) is 5.91 Å². The van der Waals surface area contributed by atoms with Gasteiger partial charge in [-0.2, -0.15) is 0 Å². The molecule has 1 aromatic rings. The van der Waals surface area contributed by atoms with Gasteiger partial charge in [0.15, 0.2) is 5.96 Å². The third-order valence-corrected chi connectivity index (χ3v) is 5.54. The minimum atomic E-state index is 0.235. The van der Waals surface area contributed by atoms with Gasteiger partial charge in [0, 0.05) is 38.2 Å². The lowest BCUT2D eigenvalue weighted by Gasteiger charge is -2.31. The SMILES string of the molecule is CCNC(=NCc1ccccc1OCC1CC1)NCCC(=O)N1CCCC(C)C1. The van der Waals surface area contributed by atoms with Crippen LogP contribution in [0.4, 0.5) is 0 Å². The van der Waals surface area contributed by atoms with Gasteiger partial charge in [-0.25, -0.2) is 4.99 Å². The third-order valence-electron chi connectivity index (χ3n) is 5.54. The molecule has 6 heteroatoms. The Kier molecular flexibility index (Phi) is 8.20. The zero-order valence-corrected chi connectivity index (χ0v) is 18.0. The van der Waals surface area contributed by atoms with Crippen LogP contribution in [-0.4, -0.2) is 49.6 Å². The molecular weight excluding hydrogens is 364 g/mol. The molecule has 1 aliphatic heterocycles. The zero-order valence-electron chi connectivity index (χ0n) is 18.0. The Labute approximate surface area is 175 Å². The molecular formula is C23H36N4O2. The van der Waals surface area contributed by atoms with Crippen LogP contribution in [0.5, 0.6) is 5.75 Å². The summed E-state index contributed by atoms with van der Waals surface area (Å²) in [5, 5.41) is 6.57. The van der Waals surface area contributed by atoms with Crippen LogP contribution < -0.4 is 15.4 Å². The summed E-state index contributed by atoms with van der Waals surface area (Å²) in [6.45, 7) is 8.78. The lowest BCUT2D eigenvalue weighted by molar-refractivity contribution is -0.132. The zero-order chi connectivity index (χ0) is 20.5. The van der Waals surface area contributed by atoms with E-state index in [9.17, 15) is 4.79 Å². The van der Waals surface area contributed by atoms with Crippen LogP contribution in [0.1, 0.15) is 51.5 Å². The van der Waals surface area contributed by atoms with E-state index in [0.717, 1.165) is 55.9 Å². The number of carbonyl (C=O) groups is 1. The number of para-hydroxylation sites is 1. The van der Waals surface area contributed by atoms with Crippen LogP contribution in [0, 0.1) is 11.8 Å². The average molecular weight is 401 g/mol. The lowest BCUT2D eigenvalue weighted by Crippen LogP contribution is -2.42. The Balaban J connectivity index is 1.48. The standard InChI is InChI=1S/C23H36N4O2/c1-3-24-23(25-13-12-22(28)27-14-6-7-18(2)16-27)26-15-20-8-4-5-9-21(20)29-17-19-10-11-19/h4-5,8-9,18-19H,3,6-7,10-17H2,1-2H3,(H2,24,25,26). The third kappa shape index (κ3) is 7.26. The fraction of sp³-hybridized carbons (Fsp3) is 0.652. The summed E-state index contributed by atoms with van der Waals surface area (Å²) in [5.41, 5.74) is 1.09. The molecule has 2 aliphatic rings. The van der Waals surface area contributed by atoms with Gasteiger partial charge >= 0.3 is 0 Å². The van der Waals surface area contributed by atoms with Gasteiger partial charge in [-0.05, 0) is 50.5 Å². The number of benzene rings is 1. The van der Waals surface area contributed by atoms with Crippen molar-refractivity contribution in [3.63, 3.8) is 0 Å². The number of piperidine rings is 1. The van der Waals surface area contributed by atoms with Crippen molar-refractivity contribution >= 4 is 11.9 Å². The average Bonchev–Trinajstić information content (AvgIpc) is 3.55. The number of nitrogens with one attached hydrogen (secondary N) is 2. The molecule has 0 radical (unpaired) electrons. The van der Waals surface area contributed by atoms with E-state index in [1.165, 1.54) is 19.3 Å². The Hall–Kier alpha value is -2.24. The first-order chi connectivity index (χ1) is 14.2. The van der Waals surface area contributed by atoms with Gasteiger partial charge in [0.05, 0.1) is 13.2 Å². The number of carbonyl (C=O) groups excluding carboxylic acids is 1. The molecule has 1 aromatic carbocycles. The molecule has 1 saturated carbocycles. The number of aliphatic imine (C=N–C) groups is 1. The van der Waals surface area contributed by atoms with Gasteiger partial charge in [-0.3, -0.25) is 4.79 Å². The number of nitrogens with zero attached hydrogens (tertiary/aromatic N) is 2. The van der Waals surface area contributed by atoms with E-state index in [1.807, 2.05) is 30.0 Å². The summed E-state index contributed by atoms with van der Waals surface area (Å²) in [6, 6.07) is 8.11. The number of hydrogen-bond donors (Lipinski definition) is 2. The number of ether oxygens (including phenoxy) is 1. The monoisotopic (exact) mass is 400 g/mol. The summed E-state index contributed by atoms with van der Waals surface area (Å²) >= 11 is 0. The van der Waals surface area contributed by atoms with E-state index in [2.05, 4.69) is 23.6 Å². The van der Waals surface area contributed by atoms with Crippen LogP contribution in [0.2, 0.25) is 0 Å². The van der Waals surface area contributed by atoms with Gasteiger partial charge < -0.3 is 20.3 Å². The van der Waals surface area contributed by atoms with Crippen LogP contribution >= 0.6 is 0 Å². The van der Waals surface area contributed by atoms with Crippen molar-refractivity contribution in [1.82, 2.24) is 15.5 Å². The van der Waals surface area contributed by atoms with Gasteiger partial charge in [-0.15, -0.1) is 0 Å². The van der Waals surface area contributed by atoms with Crippen LogP contribution in [-0.2, 0) is 11.3 Å². The van der Waals surface area contributed by atoms with Crippen molar-refractivity contribution in [2.24, 2.45) is 16.8 Å². The highest BCUT2D eigenvalue weighted by molar-refractivity contribution is 5.81. The van der Waals surface area contributed by atoms with Crippen molar-refractivity contribution in [3.05, 3.63) is 29.8 Å². The second kappa shape index (κ2) is 11.1. The van der Waals surface area contributed by atoms with Gasteiger partial charge in [0.1, 0.15) is 5.75 Å². The highest BCUT2D eigenvalue weighted by Gasteiger charge is 2.22.